The maximum atomic E-state index is 12.8. The lowest BCUT2D eigenvalue weighted by Crippen LogP contribution is -2.12. The van der Waals surface area contributed by atoms with Crippen LogP contribution in [0, 0.1) is 5.82 Å². The number of fused-ring (bicyclic) bond motifs is 1. The van der Waals surface area contributed by atoms with E-state index in [2.05, 4.69) is 10.3 Å². The molecule has 5 heteroatoms. The summed E-state index contributed by atoms with van der Waals surface area (Å²) in [7, 11) is 0. The molecular weight excluding hydrogens is 279 g/mol. The molecule has 0 atom stereocenters. The van der Waals surface area contributed by atoms with Crippen LogP contribution in [-0.2, 0) is 0 Å². The summed E-state index contributed by atoms with van der Waals surface area (Å²) in [5.41, 5.74) is 1.59. The molecule has 0 aliphatic rings. The number of hydrogen-bond acceptors (Lipinski definition) is 1. The van der Waals surface area contributed by atoms with Crippen LogP contribution in [0.4, 0.5) is 10.1 Å². The largest absolute Gasteiger partial charge is 0.349 e. The van der Waals surface area contributed by atoms with E-state index in [1.165, 1.54) is 24.3 Å². The number of nitrogens with one attached hydrogen (secondary N) is 2. The summed E-state index contributed by atoms with van der Waals surface area (Å²) in [5.74, 6) is -0.718. The SMILES string of the molecule is O=C(Nc1ccc(F)cc1)c1[nH]c2ccccc2c1Cl. The Labute approximate surface area is 119 Å². The lowest BCUT2D eigenvalue weighted by atomic mass is 10.2. The van der Waals surface area contributed by atoms with Crippen LogP contribution in [0.3, 0.4) is 0 Å². The minimum absolute atomic E-state index is 0.289. The molecule has 0 spiro atoms. The van der Waals surface area contributed by atoms with E-state index in [0.29, 0.717) is 10.7 Å². The lowest BCUT2D eigenvalue weighted by Gasteiger charge is -2.03. The van der Waals surface area contributed by atoms with Gasteiger partial charge in [0.2, 0.25) is 0 Å². The van der Waals surface area contributed by atoms with Crippen molar-refractivity contribution >= 4 is 34.1 Å². The number of carbonyl (C=O) groups excluding carboxylic acids is 1. The fraction of sp³-hybridized carbons (Fsp3) is 0. The Morgan fingerprint density at radius 3 is 2.50 bits per heavy atom. The molecule has 0 saturated carbocycles. The van der Waals surface area contributed by atoms with E-state index in [4.69, 9.17) is 11.6 Å². The second kappa shape index (κ2) is 4.98. The first kappa shape index (κ1) is 12.7. The van der Waals surface area contributed by atoms with Crippen LogP contribution in [0.1, 0.15) is 10.5 Å². The third-order valence-corrected chi connectivity index (χ3v) is 3.36. The van der Waals surface area contributed by atoms with E-state index in [-0.39, 0.29) is 17.4 Å². The molecule has 1 amide bonds. The summed E-state index contributed by atoms with van der Waals surface area (Å²) in [6.07, 6.45) is 0. The van der Waals surface area contributed by atoms with Crippen molar-refractivity contribution in [1.29, 1.82) is 0 Å². The van der Waals surface area contributed by atoms with E-state index >= 15 is 0 Å². The molecule has 0 unspecified atom stereocenters. The molecule has 0 aliphatic heterocycles. The van der Waals surface area contributed by atoms with Crippen molar-refractivity contribution in [2.75, 3.05) is 5.32 Å². The van der Waals surface area contributed by atoms with Crippen molar-refractivity contribution in [3.05, 3.63) is 65.1 Å². The maximum Gasteiger partial charge on any atom is 0.273 e. The van der Waals surface area contributed by atoms with Crippen molar-refractivity contribution in [3.63, 3.8) is 0 Å². The predicted octanol–water partition coefficient (Wildman–Crippen LogP) is 4.21. The molecule has 0 fully saturated rings. The molecule has 3 aromatic rings. The molecule has 2 N–H and O–H groups in total. The van der Waals surface area contributed by atoms with Crippen molar-refractivity contribution in [2.24, 2.45) is 0 Å². The third kappa shape index (κ3) is 2.26. The monoisotopic (exact) mass is 288 g/mol. The number of H-pyrrole nitrogens is 1. The first-order valence-corrected chi connectivity index (χ1v) is 6.36. The zero-order valence-corrected chi connectivity index (χ0v) is 11.0. The van der Waals surface area contributed by atoms with Gasteiger partial charge in [-0.2, -0.15) is 0 Å². The summed E-state index contributed by atoms with van der Waals surface area (Å²) >= 11 is 6.19. The van der Waals surface area contributed by atoms with Gasteiger partial charge in [-0.05, 0) is 30.3 Å². The molecule has 0 bridgehead atoms. The van der Waals surface area contributed by atoms with Crippen LogP contribution >= 0.6 is 11.6 Å². The molecule has 3 nitrogen and oxygen atoms in total. The van der Waals surface area contributed by atoms with Gasteiger partial charge in [-0.25, -0.2) is 4.39 Å². The molecule has 100 valence electrons. The molecule has 20 heavy (non-hydrogen) atoms. The Hall–Kier alpha value is -2.33. The first-order valence-electron chi connectivity index (χ1n) is 5.98. The van der Waals surface area contributed by atoms with Crippen LogP contribution < -0.4 is 5.32 Å². The van der Waals surface area contributed by atoms with Gasteiger partial charge in [0.05, 0.1) is 5.02 Å². The van der Waals surface area contributed by atoms with E-state index in [1.54, 1.807) is 0 Å². The fourth-order valence-electron chi connectivity index (χ4n) is 1.99. The number of amides is 1. The minimum Gasteiger partial charge on any atom is -0.349 e. The van der Waals surface area contributed by atoms with Gasteiger partial charge in [0, 0.05) is 16.6 Å². The number of rotatable bonds is 2. The van der Waals surface area contributed by atoms with Crippen LogP contribution in [0.2, 0.25) is 5.02 Å². The van der Waals surface area contributed by atoms with Crippen molar-refractivity contribution < 1.29 is 9.18 Å². The summed E-state index contributed by atoms with van der Waals surface area (Å²) in [4.78, 5) is 15.1. The quantitative estimate of drug-likeness (QED) is 0.729. The second-order valence-electron chi connectivity index (χ2n) is 4.32. The molecule has 0 radical (unpaired) electrons. The summed E-state index contributed by atoms with van der Waals surface area (Å²) < 4.78 is 12.8. The van der Waals surface area contributed by atoms with Gasteiger partial charge in [-0.1, -0.05) is 29.8 Å². The van der Waals surface area contributed by atoms with E-state index < -0.39 is 0 Å². The number of benzene rings is 2. The number of para-hydroxylation sites is 1. The molecule has 2 aromatic carbocycles. The lowest BCUT2D eigenvalue weighted by molar-refractivity contribution is 0.102. The van der Waals surface area contributed by atoms with Gasteiger partial charge in [0.15, 0.2) is 0 Å². The predicted molar refractivity (Wildman–Crippen MR) is 77.7 cm³/mol. The highest BCUT2D eigenvalue weighted by Crippen LogP contribution is 2.27. The average Bonchev–Trinajstić information content (AvgIpc) is 2.79. The van der Waals surface area contributed by atoms with Crippen molar-refractivity contribution in [2.45, 2.75) is 0 Å². The zero-order chi connectivity index (χ0) is 14.1. The van der Waals surface area contributed by atoms with Crippen LogP contribution in [0.5, 0.6) is 0 Å². The van der Waals surface area contributed by atoms with Crippen LogP contribution in [0.25, 0.3) is 10.9 Å². The molecular formula is C15H10ClFN2O. The topological polar surface area (TPSA) is 44.9 Å². The van der Waals surface area contributed by atoms with Gasteiger partial charge >= 0.3 is 0 Å². The normalized spacial score (nSPS) is 10.7. The Bertz CT molecular complexity index is 780. The van der Waals surface area contributed by atoms with Crippen molar-refractivity contribution in [1.82, 2.24) is 4.98 Å². The molecule has 3 rings (SSSR count). The van der Waals surface area contributed by atoms with Gasteiger partial charge in [-0.3, -0.25) is 4.79 Å². The highest BCUT2D eigenvalue weighted by molar-refractivity contribution is 6.39. The number of aromatic amines is 1. The second-order valence-corrected chi connectivity index (χ2v) is 4.70. The standard InChI is InChI=1S/C15H10ClFN2O/c16-13-11-3-1-2-4-12(11)19-14(13)15(20)18-10-7-5-9(17)6-8-10/h1-8,19H,(H,18,20). The Balaban J connectivity index is 1.92. The molecule has 1 aromatic heterocycles. The number of hydrogen-bond donors (Lipinski definition) is 2. The molecule has 0 saturated heterocycles. The fourth-order valence-corrected chi connectivity index (χ4v) is 2.29. The number of anilines is 1. The number of carbonyl (C=O) groups is 1. The average molecular weight is 289 g/mol. The summed E-state index contributed by atoms with van der Waals surface area (Å²) in [6.45, 7) is 0. The van der Waals surface area contributed by atoms with Gasteiger partial charge in [0.25, 0.3) is 5.91 Å². The smallest absolute Gasteiger partial charge is 0.273 e. The maximum absolute atomic E-state index is 12.8. The Morgan fingerprint density at radius 1 is 1.10 bits per heavy atom. The molecule has 1 heterocycles. The summed E-state index contributed by atoms with van der Waals surface area (Å²) in [6, 6.07) is 12.9. The third-order valence-electron chi connectivity index (χ3n) is 2.97. The summed E-state index contributed by atoms with van der Waals surface area (Å²) in [5, 5.41) is 3.83. The Kier molecular flexibility index (Phi) is 3.16. The van der Waals surface area contributed by atoms with Crippen LogP contribution in [-0.4, -0.2) is 10.9 Å². The van der Waals surface area contributed by atoms with Gasteiger partial charge in [-0.15, -0.1) is 0 Å². The van der Waals surface area contributed by atoms with Crippen molar-refractivity contribution in [3.8, 4) is 0 Å². The Morgan fingerprint density at radius 2 is 1.80 bits per heavy atom. The van der Waals surface area contributed by atoms with Crippen LogP contribution in [0.15, 0.2) is 48.5 Å². The number of aromatic nitrogens is 1. The van der Waals surface area contributed by atoms with E-state index in [1.807, 2.05) is 24.3 Å². The van der Waals surface area contributed by atoms with Gasteiger partial charge in [0.1, 0.15) is 11.5 Å². The molecule has 0 aliphatic carbocycles. The van der Waals surface area contributed by atoms with Gasteiger partial charge < -0.3 is 10.3 Å². The first-order chi connectivity index (χ1) is 9.65. The number of halogens is 2. The zero-order valence-electron chi connectivity index (χ0n) is 10.3. The highest BCUT2D eigenvalue weighted by Gasteiger charge is 2.16. The highest BCUT2D eigenvalue weighted by atomic mass is 35.5. The minimum atomic E-state index is -0.363. The van der Waals surface area contributed by atoms with E-state index in [9.17, 15) is 9.18 Å². The van der Waals surface area contributed by atoms with E-state index in [0.717, 1.165) is 10.9 Å².